The normalized spacial score (nSPS) is 15.6. The number of carbonyl (C=O) groups excluding carboxylic acids is 1. The molecule has 144 valence electrons. The highest BCUT2D eigenvalue weighted by molar-refractivity contribution is 5.76. The number of aromatic nitrogens is 1. The molecule has 0 aliphatic carbocycles. The van der Waals surface area contributed by atoms with Crippen molar-refractivity contribution in [2.45, 2.75) is 45.7 Å². The Bertz CT molecular complexity index is 723. The summed E-state index contributed by atoms with van der Waals surface area (Å²) in [6.07, 6.45) is 5.86. The highest BCUT2D eigenvalue weighted by atomic mass is 16.2. The van der Waals surface area contributed by atoms with E-state index in [9.17, 15) is 4.79 Å². The summed E-state index contributed by atoms with van der Waals surface area (Å²) >= 11 is 0. The van der Waals surface area contributed by atoms with Crippen LogP contribution in [0.15, 0.2) is 48.7 Å². The molecule has 1 aromatic carbocycles. The van der Waals surface area contributed by atoms with Gasteiger partial charge >= 0.3 is 0 Å². The minimum absolute atomic E-state index is 0.239. The number of hydrogen-bond acceptors (Lipinski definition) is 3. The van der Waals surface area contributed by atoms with Gasteiger partial charge < -0.3 is 9.80 Å². The summed E-state index contributed by atoms with van der Waals surface area (Å²) in [6, 6.07) is 14.3. The van der Waals surface area contributed by atoms with Crippen molar-refractivity contribution in [3.05, 3.63) is 65.5 Å². The van der Waals surface area contributed by atoms with Gasteiger partial charge in [0.2, 0.25) is 5.91 Å². The maximum atomic E-state index is 13.1. The molecule has 0 saturated carbocycles. The second-order valence-electron chi connectivity index (χ2n) is 7.79. The third-order valence-corrected chi connectivity index (χ3v) is 5.63. The summed E-state index contributed by atoms with van der Waals surface area (Å²) in [5, 5.41) is 0. The number of aryl methyl sites for hydroxylation is 1. The lowest BCUT2D eigenvalue weighted by atomic mass is 9.92. The average Bonchev–Trinajstić information content (AvgIpc) is 2.69. The van der Waals surface area contributed by atoms with Crippen LogP contribution in [0.2, 0.25) is 0 Å². The Labute approximate surface area is 163 Å². The van der Waals surface area contributed by atoms with E-state index in [-0.39, 0.29) is 5.91 Å². The van der Waals surface area contributed by atoms with Crippen LogP contribution in [0.3, 0.4) is 0 Å². The van der Waals surface area contributed by atoms with E-state index in [2.05, 4.69) is 42.1 Å². The molecule has 3 rings (SSSR count). The predicted octanol–water partition coefficient (Wildman–Crippen LogP) is 4.04. The summed E-state index contributed by atoms with van der Waals surface area (Å²) in [5.41, 5.74) is 3.29. The molecule has 1 aromatic heterocycles. The van der Waals surface area contributed by atoms with E-state index in [1.807, 2.05) is 35.4 Å². The van der Waals surface area contributed by atoms with Gasteiger partial charge in [-0.05, 0) is 69.4 Å². The summed E-state index contributed by atoms with van der Waals surface area (Å²) in [6.45, 7) is 5.59. The highest BCUT2D eigenvalue weighted by Crippen LogP contribution is 2.22. The van der Waals surface area contributed by atoms with E-state index in [0.29, 0.717) is 25.4 Å². The maximum Gasteiger partial charge on any atom is 0.223 e. The Hall–Kier alpha value is -2.20. The van der Waals surface area contributed by atoms with Crippen molar-refractivity contribution in [1.29, 1.82) is 0 Å². The molecule has 1 amide bonds. The van der Waals surface area contributed by atoms with Crippen molar-refractivity contribution in [1.82, 2.24) is 14.8 Å². The molecule has 0 spiro atoms. The van der Waals surface area contributed by atoms with Crippen LogP contribution in [0.4, 0.5) is 0 Å². The van der Waals surface area contributed by atoms with Crippen molar-refractivity contribution in [3.8, 4) is 0 Å². The minimum atomic E-state index is 0.239. The van der Waals surface area contributed by atoms with Crippen LogP contribution in [0, 0.1) is 12.8 Å². The number of benzene rings is 1. The summed E-state index contributed by atoms with van der Waals surface area (Å²) in [5.74, 6) is 0.920. The van der Waals surface area contributed by atoms with Crippen LogP contribution in [0.25, 0.3) is 0 Å². The lowest BCUT2D eigenvalue weighted by molar-refractivity contribution is -0.132. The van der Waals surface area contributed by atoms with Gasteiger partial charge in [0.15, 0.2) is 0 Å². The van der Waals surface area contributed by atoms with Crippen molar-refractivity contribution < 1.29 is 4.79 Å². The van der Waals surface area contributed by atoms with E-state index in [1.165, 1.54) is 18.4 Å². The van der Waals surface area contributed by atoms with Crippen molar-refractivity contribution in [2.75, 3.05) is 20.1 Å². The fourth-order valence-corrected chi connectivity index (χ4v) is 3.74. The molecule has 2 aromatic rings. The van der Waals surface area contributed by atoms with Crippen molar-refractivity contribution >= 4 is 5.91 Å². The highest BCUT2D eigenvalue weighted by Gasteiger charge is 2.21. The first kappa shape index (κ1) is 19.6. The van der Waals surface area contributed by atoms with Crippen LogP contribution in [-0.2, 0) is 17.9 Å². The maximum absolute atomic E-state index is 13.1. The molecule has 1 saturated heterocycles. The second-order valence-corrected chi connectivity index (χ2v) is 7.79. The Kier molecular flexibility index (Phi) is 6.99. The van der Waals surface area contributed by atoms with Gasteiger partial charge in [-0.1, -0.05) is 36.4 Å². The zero-order chi connectivity index (χ0) is 19.1. The molecule has 1 aliphatic rings. The van der Waals surface area contributed by atoms with E-state index in [4.69, 9.17) is 0 Å². The molecule has 27 heavy (non-hydrogen) atoms. The number of hydrogen-bond donors (Lipinski definition) is 0. The van der Waals surface area contributed by atoms with Crippen LogP contribution in [0.1, 0.15) is 42.5 Å². The molecule has 0 atom stereocenters. The number of pyridine rings is 1. The van der Waals surface area contributed by atoms with Crippen LogP contribution < -0.4 is 0 Å². The molecule has 1 aliphatic heterocycles. The zero-order valence-corrected chi connectivity index (χ0v) is 16.6. The first-order valence-electron chi connectivity index (χ1n) is 10.0. The van der Waals surface area contributed by atoms with E-state index >= 15 is 0 Å². The summed E-state index contributed by atoms with van der Waals surface area (Å²) in [7, 11) is 2.18. The number of carbonyl (C=O) groups is 1. The van der Waals surface area contributed by atoms with E-state index in [0.717, 1.165) is 30.8 Å². The van der Waals surface area contributed by atoms with E-state index in [1.54, 1.807) is 0 Å². The average molecular weight is 366 g/mol. The third-order valence-electron chi connectivity index (χ3n) is 5.63. The summed E-state index contributed by atoms with van der Waals surface area (Å²) < 4.78 is 0. The fourth-order valence-electron chi connectivity index (χ4n) is 3.74. The Morgan fingerprint density at radius 3 is 2.56 bits per heavy atom. The minimum Gasteiger partial charge on any atom is -0.332 e. The van der Waals surface area contributed by atoms with Gasteiger partial charge in [-0.25, -0.2) is 0 Å². The smallest absolute Gasteiger partial charge is 0.223 e. The number of nitrogens with zero attached hydrogens (tertiary/aromatic N) is 3. The third kappa shape index (κ3) is 5.90. The predicted molar refractivity (Wildman–Crippen MR) is 109 cm³/mol. The monoisotopic (exact) mass is 365 g/mol. The number of rotatable bonds is 7. The Morgan fingerprint density at radius 2 is 1.85 bits per heavy atom. The molecule has 4 nitrogen and oxygen atoms in total. The van der Waals surface area contributed by atoms with Gasteiger partial charge in [-0.3, -0.25) is 9.78 Å². The van der Waals surface area contributed by atoms with Gasteiger partial charge in [0.1, 0.15) is 0 Å². The van der Waals surface area contributed by atoms with Gasteiger partial charge in [0.05, 0.1) is 12.2 Å². The molecule has 0 N–H and O–H groups in total. The molecular weight excluding hydrogens is 334 g/mol. The fraction of sp³-hybridized carbons (Fsp3) is 0.478. The van der Waals surface area contributed by atoms with Crippen LogP contribution in [-0.4, -0.2) is 40.8 Å². The molecule has 2 heterocycles. The quantitative estimate of drug-likeness (QED) is 0.743. The van der Waals surface area contributed by atoms with Crippen LogP contribution >= 0.6 is 0 Å². The Balaban J connectivity index is 1.64. The van der Waals surface area contributed by atoms with Crippen molar-refractivity contribution in [2.24, 2.45) is 5.92 Å². The zero-order valence-electron chi connectivity index (χ0n) is 16.6. The topological polar surface area (TPSA) is 36.4 Å². The standard InChI is InChI=1S/C23H31N3O/c1-19-7-6-14-24-22(19)18-26(17-21-8-4-3-5-9-21)23(27)11-10-20-12-15-25(2)16-13-20/h3-9,14,20H,10-13,15-18H2,1-2H3. The lowest BCUT2D eigenvalue weighted by Crippen LogP contribution is -2.33. The molecule has 0 radical (unpaired) electrons. The molecule has 1 fully saturated rings. The first-order chi connectivity index (χ1) is 13.1. The molecule has 0 bridgehead atoms. The van der Waals surface area contributed by atoms with Crippen LogP contribution in [0.5, 0.6) is 0 Å². The van der Waals surface area contributed by atoms with Gasteiger partial charge in [-0.15, -0.1) is 0 Å². The first-order valence-corrected chi connectivity index (χ1v) is 10.0. The largest absolute Gasteiger partial charge is 0.332 e. The molecular formula is C23H31N3O. The van der Waals surface area contributed by atoms with Crippen molar-refractivity contribution in [3.63, 3.8) is 0 Å². The molecule has 0 unspecified atom stereocenters. The number of likely N-dealkylation sites (tertiary alicyclic amines) is 1. The summed E-state index contributed by atoms with van der Waals surface area (Å²) in [4.78, 5) is 21.9. The number of piperidine rings is 1. The van der Waals surface area contributed by atoms with Gasteiger partial charge in [0.25, 0.3) is 0 Å². The van der Waals surface area contributed by atoms with Gasteiger partial charge in [0, 0.05) is 19.2 Å². The SMILES string of the molecule is Cc1cccnc1CN(Cc1ccccc1)C(=O)CCC1CCN(C)CC1. The Morgan fingerprint density at radius 1 is 1.11 bits per heavy atom. The van der Waals surface area contributed by atoms with E-state index < -0.39 is 0 Å². The molecule has 4 heteroatoms. The second kappa shape index (κ2) is 9.65. The number of amides is 1. The lowest BCUT2D eigenvalue weighted by Gasteiger charge is -2.29. The van der Waals surface area contributed by atoms with Gasteiger partial charge in [-0.2, -0.15) is 0 Å².